The largest absolute Gasteiger partial charge is 0.383 e. The van der Waals surface area contributed by atoms with Gasteiger partial charge < -0.3 is 14.4 Å². The minimum Gasteiger partial charge on any atom is -0.383 e. The van der Waals surface area contributed by atoms with Gasteiger partial charge in [0, 0.05) is 32.2 Å². The Morgan fingerprint density at radius 3 is 2.33 bits per heavy atom. The summed E-state index contributed by atoms with van der Waals surface area (Å²) >= 11 is 6.28. The summed E-state index contributed by atoms with van der Waals surface area (Å²) in [6, 6.07) is 0.176. The van der Waals surface area contributed by atoms with E-state index in [1.807, 2.05) is 6.92 Å². The lowest BCUT2D eigenvalue weighted by atomic mass is 10.2. The lowest BCUT2D eigenvalue weighted by Gasteiger charge is -2.31. The first-order chi connectivity index (χ1) is 9.92. The zero-order valence-corrected chi connectivity index (χ0v) is 14.6. The van der Waals surface area contributed by atoms with Crippen molar-refractivity contribution in [3.8, 4) is 0 Å². The summed E-state index contributed by atoms with van der Waals surface area (Å²) in [7, 11) is 3.39. The van der Waals surface area contributed by atoms with Crippen LogP contribution in [-0.4, -0.2) is 50.0 Å². The van der Waals surface area contributed by atoms with Crippen LogP contribution in [0.3, 0.4) is 0 Å². The molecule has 0 saturated heterocycles. The van der Waals surface area contributed by atoms with Crippen LogP contribution >= 0.6 is 11.6 Å². The Balaban J connectivity index is 3.21. The third-order valence-electron chi connectivity index (χ3n) is 3.34. The van der Waals surface area contributed by atoms with E-state index in [0.717, 1.165) is 23.8 Å². The normalized spacial score (nSPS) is 12.8. The third-order valence-corrected chi connectivity index (χ3v) is 3.71. The molecule has 0 spiro atoms. The second-order valence-corrected chi connectivity index (χ2v) is 5.82. The molecule has 0 fully saturated rings. The number of methoxy groups -OCH3 is 2. The van der Waals surface area contributed by atoms with Gasteiger partial charge in [0.2, 0.25) is 0 Å². The molecule has 1 aromatic rings. The van der Waals surface area contributed by atoms with Gasteiger partial charge in [-0.1, -0.05) is 25.4 Å². The lowest BCUT2D eigenvalue weighted by molar-refractivity contribution is 0.170. The van der Waals surface area contributed by atoms with Gasteiger partial charge in [0.1, 0.15) is 16.8 Å². The summed E-state index contributed by atoms with van der Waals surface area (Å²) in [5, 5.41) is 0.510. The van der Waals surface area contributed by atoms with Crippen LogP contribution in [0.1, 0.15) is 38.1 Å². The Morgan fingerprint density at radius 2 is 1.81 bits per heavy atom. The maximum Gasteiger partial charge on any atom is 0.137 e. The number of rotatable bonds is 8. The molecule has 0 aliphatic rings. The molecule has 21 heavy (non-hydrogen) atoms. The van der Waals surface area contributed by atoms with Crippen molar-refractivity contribution in [1.82, 2.24) is 9.97 Å². The summed E-state index contributed by atoms with van der Waals surface area (Å²) in [4.78, 5) is 11.2. The van der Waals surface area contributed by atoms with Crippen molar-refractivity contribution in [2.45, 2.75) is 39.7 Å². The molecule has 0 aromatic carbocycles. The van der Waals surface area contributed by atoms with Gasteiger partial charge in [-0.05, 0) is 13.8 Å². The highest BCUT2D eigenvalue weighted by molar-refractivity contribution is 6.30. The molecular formula is C15H26ClN3O2. The molecule has 0 N–H and O–H groups in total. The molecule has 0 amide bonds. The summed E-state index contributed by atoms with van der Waals surface area (Å²) < 4.78 is 10.5. The highest BCUT2D eigenvalue weighted by atomic mass is 35.5. The number of halogens is 1. The van der Waals surface area contributed by atoms with E-state index in [4.69, 9.17) is 26.1 Å². The van der Waals surface area contributed by atoms with E-state index in [9.17, 15) is 0 Å². The second-order valence-electron chi connectivity index (χ2n) is 5.47. The Hall–Kier alpha value is -0.910. The monoisotopic (exact) mass is 315 g/mol. The van der Waals surface area contributed by atoms with Crippen LogP contribution < -0.4 is 4.90 Å². The van der Waals surface area contributed by atoms with Gasteiger partial charge in [0.25, 0.3) is 0 Å². The quantitative estimate of drug-likeness (QED) is 0.690. The van der Waals surface area contributed by atoms with Crippen LogP contribution in [0.4, 0.5) is 5.82 Å². The highest BCUT2D eigenvalue weighted by Gasteiger charge is 2.21. The lowest BCUT2D eigenvalue weighted by Crippen LogP contribution is -2.40. The Labute approximate surface area is 132 Å². The van der Waals surface area contributed by atoms with Crippen LogP contribution in [0.25, 0.3) is 0 Å². The third kappa shape index (κ3) is 4.80. The maximum absolute atomic E-state index is 6.28. The van der Waals surface area contributed by atoms with E-state index >= 15 is 0 Å². The van der Waals surface area contributed by atoms with E-state index in [2.05, 4.69) is 30.7 Å². The fourth-order valence-electron chi connectivity index (χ4n) is 2.09. The van der Waals surface area contributed by atoms with Gasteiger partial charge in [0.15, 0.2) is 0 Å². The first-order valence-corrected chi connectivity index (χ1v) is 7.58. The minimum absolute atomic E-state index is 0.176. The predicted molar refractivity (Wildman–Crippen MR) is 86.4 cm³/mol. The van der Waals surface area contributed by atoms with E-state index < -0.39 is 0 Å². The van der Waals surface area contributed by atoms with Crippen molar-refractivity contribution in [3.63, 3.8) is 0 Å². The SMILES string of the molecule is COCCN(c1nc(C(C)C)nc(Cl)c1C)C(C)COC. The first kappa shape index (κ1) is 18.1. The molecule has 120 valence electrons. The molecule has 1 aromatic heterocycles. The van der Waals surface area contributed by atoms with E-state index in [-0.39, 0.29) is 12.0 Å². The van der Waals surface area contributed by atoms with E-state index in [0.29, 0.717) is 18.4 Å². The van der Waals surface area contributed by atoms with Crippen molar-refractivity contribution < 1.29 is 9.47 Å². The standard InChI is InChI=1S/C15H26ClN3O2/c1-10(2)14-17-13(16)12(4)15(18-14)19(7-8-20-5)11(3)9-21-6/h10-11H,7-9H2,1-6H3. The second kappa shape index (κ2) is 8.51. The Bertz CT molecular complexity index is 455. The number of anilines is 1. The van der Waals surface area contributed by atoms with Gasteiger partial charge >= 0.3 is 0 Å². The predicted octanol–water partition coefficient (Wildman–Crippen LogP) is 3.05. The minimum atomic E-state index is 0.176. The zero-order chi connectivity index (χ0) is 16.0. The topological polar surface area (TPSA) is 47.5 Å². The summed E-state index contributed by atoms with van der Waals surface area (Å²) in [5.74, 6) is 1.84. The van der Waals surface area contributed by atoms with Gasteiger partial charge in [-0.2, -0.15) is 0 Å². The smallest absolute Gasteiger partial charge is 0.137 e. The molecule has 1 unspecified atom stereocenters. The van der Waals surface area contributed by atoms with Crippen LogP contribution in [0.15, 0.2) is 0 Å². The number of aromatic nitrogens is 2. The molecule has 0 radical (unpaired) electrons. The Morgan fingerprint density at radius 1 is 1.14 bits per heavy atom. The summed E-state index contributed by atoms with van der Waals surface area (Å²) in [6.07, 6.45) is 0. The average Bonchev–Trinajstić information content (AvgIpc) is 2.43. The van der Waals surface area contributed by atoms with Gasteiger partial charge in [0.05, 0.1) is 19.3 Å². The number of ether oxygens (including phenoxy) is 2. The average molecular weight is 316 g/mol. The molecule has 5 nitrogen and oxygen atoms in total. The number of hydrogen-bond donors (Lipinski definition) is 0. The summed E-state index contributed by atoms with van der Waals surface area (Å²) in [5.41, 5.74) is 0.889. The number of nitrogens with zero attached hydrogens (tertiary/aromatic N) is 3. The molecule has 0 aliphatic carbocycles. The van der Waals surface area contributed by atoms with Crippen LogP contribution in [0, 0.1) is 6.92 Å². The van der Waals surface area contributed by atoms with Crippen molar-refractivity contribution in [3.05, 3.63) is 16.5 Å². The first-order valence-electron chi connectivity index (χ1n) is 7.20. The van der Waals surface area contributed by atoms with Gasteiger partial charge in [-0.25, -0.2) is 9.97 Å². The van der Waals surface area contributed by atoms with Crippen LogP contribution in [-0.2, 0) is 9.47 Å². The fraction of sp³-hybridized carbons (Fsp3) is 0.733. The Kier molecular flexibility index (Phi) is 7.35. The van der Waals surface area contributed by atoms with Crippen LogP contribution in [0.2, 0.25) is 5.15 Å². The molecule has 6 heteroatoms. The highest BCUT2D eigenvalue weighted by Crippen LogP contribution is 2.27. The zero-order valence-electron chi connectivity index (χ0n) is 13.8. The van der Waals surface area contributed by atoms with E-state index in [1.54, 1.807) is 14.2 Å². The molecule has 0 saturated carbocycles. The molecule has 1 atom stereocenters. The summed E-state index contributed by atoms with van der Waals surface area (Å²) in [6.45, 7) is 10.1. The molecule has 0 aliphatic heterocycles. The van der Waals surface area contributed by atoms with Crippen molar-refractivity contribution in [2.24, 2.45) is 0 Å². The van der Waals surface area contributed by atoms with E-state index in [1.165, 1.54) is 0 Å². The molecule has 1 heterocycles. The van der Waals surface area contributed by atoms with Gasteiger partial charge in [-0.15, -0.1) is 0 Å². The fourth-order valence-corrected chi connectivity index (χ4v) is 2.26. The van der Waals surface area contributed by atoms with Crippen LogP contribution in [0.5, 0.6) is 0 Å². The molecule has 0 bridgehead atoms. The maximum atomic E-state index is 6.28. The van der Waals surface area contributed by atoms with Gasteiger partial charge in [-0.3, -0.25) is 0 Å². The van der Waals surface area contributed by atoms with Crippen molar-refractivity contribution in [1.29, 1.82) is 0 Å². The molecule has 1 rings (SSSR count). The van der Waals surface area contributed by atoms with Crippen molar-refractivity contribution in [2.75, 3.05) is 38.9 Å². The number of hydrogen-bond acceptors (Lipinski definition) is 5. The molecular weight excluding hydrogens is 290 g/mol. The van der Waals surface area contributed by atoms with Crippen molar-refractivity contribution >= 4 is 17.4 Å².